The molecule has 0 aliphatic heterocycles. The third kappa shape index (κ3) is 2.24. The van der Waals surface area contributed by atoms with Gasteiger partial charge in [-0.25, -0.2) is 9.97 Å². The second kappa shape index (κ2) is 4.26. The molecule has 1 aliphatic carbocycles. The van der Waals surface area contributed by atoms with Gasteiger partial charge in [-0.1, -0.05) is 6.42 Å². The first-order chi connectivity index (χ1) is 7.29. The average molecular weight is 202 g/mol. The normalized spacial score (nSPS) is 15.5. The Morgan fingerprint density at radius 3 is 2.73 bits per heavy atom. The molecule has 0 N–H and O–H groups in total. The number of hydrogen-bond donors (Lipinski definition) is 0. The van der Waals surface area contributed by atoms with Crippen LogP contribution < -0.4 is 4.90 Å². The van der Waals surface area contributed by atoms with Crippen molar-refractivity contribution >= 4 is 5.82 Å². The van der Waals surface area contributed by atoms with Crippen molar-refractivity contribution in [3.8, 4) is 6.07 Å². The van der Waals surface area contributed by atoms with Gasteiger partial charge in [0.25, 0.3) is 0 Å². The molecule has 15 heavy (non-hydrogen) atoms. The number of anilines is 1. The van der Waals surface area contributed by atoms with Crippen LogP contribution in [-0.2, 0) is 0 Å². The Bertz CT molecular complexity index is 361. The van der Waals surface area contributed by atoms with E-state index in [9.17, 15) is 0 Å². The van der Waals surface area contributed by atoms with E-state index in [1.54, 1.807) is 6.20 Å². The zero-order valence-corrected chi connectivity index (χ0v) is 8.85. The summed E-state index contributed by atoms with van der Waals surface area (Å²) in [6, 6.07) is 1.96. The van der Waals surface area contributed by atoms with Gasteiger partial charge in [-0.3, -0.25) is 0 Å². The van der Waals surface area contributed by atoms with E-state index in [0.717, 1.165) is 18.3 Å². The number of nitriles is 1. The molecule has 2 rings (SSSR count). The van der Waals surface area contributed by atoms with Crippen molar-refractivity contribution < 1.29 is 0 Å². The number of rotatable bonds is 3. The lowest BCUT2D eigenvalue weighted by Crippen LogP contribution is -2.29. The van der Waals surface area contributed by atoms with E-state index in [0.29, 0.717) is 5.69 Å². The molecule has 0 aromatic carbocycles. The predicted molar refractivity (Wildman–Crippen MR) is 57.4 cm³/mol. The minimum absolute atomic E-state index is 0.371. The van der Waals surface area contributed by atoms with Gasteiger partial charge in [0.15, 0.2) is 5.69 Å². The molecule has 1 aromatic heterocycles. The first-order valence-corrected chi connectivity index (χ1v) is 5.23. The summed E-state index contributed by atoms with van der Waals surface area (Å²) in [5.74, 6) is 1.66. The van der Waals surface area contributed by atoms with Crippen LogP contribution in [0.1, 0.15) is 25.0 Å². The fourth-order valence-electron chi connectivity index (χ4n) is 1.73. The van der Waals surface area contributed by atoms with Gasteiger partial charge in [0, 0.05) is 13.6 Å². The van der Waals surface area contributed by atoms with E-state index in [4.69, 9.17) is 5.26 Å². The number of nitrogens with zero attached hydrogens (tertiary/aromatic N) is 4. The molecule has 0 spiro atoms. The molecule has 78 valence electrons. The van der Waals surface area contributed by atoms with E-state index in [2.05, 4.69) is 14.9 Å². The minimum Gasteiger partial charge on any atom is -0.358 e. The highest BCUT2D eigenvalue weighted by atomic mass is 15.2. The molecule has 0 saturated heterocycles. The Hall–Kier alpha value is -1.63. The lowest BCUT2D eigenvalue weighted by atomic mass is 9.85. The van der Waals surface area contributed by atoms with Crippen LogP contribution in [0.2, 0.25) is 0 Å². The molecular weight excluding hydrogens is 188 g/mol. The molecule has 1 fully saturated rings. The van der Waals surface area contributed by atoms with E-state index >= 15 is 0 Å². The van der Waals surface area contributed by atoms with Gasteiger partial charge in [0.1, 0.15) is 11.9 Å². The van der Waals surface area contributed by atoms with Gasteiger partial charge in [-0.2, -0.15) is 5.26 Å². The largest absolute Gasteiger partial charge is 0.358 e. The monoisotopic (exact) mass is 202 g/mol. The lowest BCUT2D eigenvalue weighted by Gasteiger charge is -2.30. The van der Waals surface area contributed by atoms with Crippen molar-refractivity contribution in [3.05, 3.63) is 18.1 Å². The van der Waals surface area contributed by atoms with Gasteiger partial charge < -0.3 is 4.90 Å². The Kier molecular flexibility index (Phi) is 2.82. The summed E-state index contributed by atoms with van der Waals surface area (Å²) in [6.07, 6.45) is 7.20. The summed E-state index contributed by atoms with van der Waals surface area (Å²) in [5, 5.41) is 8.59. The zero-order valence-electron chi connectivity index (χ0n) is 8.85. The fourth-order valence-corrected chi connectivity index (χ4v) is 1.73. The van der Waals surface area contributed by atoms with Crippen LogP contribution in [0, 0.1) is 17.2 Å². The lowest BCUT2D eigenvalue weighted by molar-refractivity contribution is 0.321. The van der Waals surface area contributed by atoms with Crippen molar-refractivity contribution in [2.24, 2.45) is 5.92 Å². The van der Waals surface area contributed by atoms with Gasteiger partial charge in [0.05, 0.1) is 12.4 Å². The van der Waals surface area contributed by atoms with Crippen LogP contribution in [0.4, 0.5) is 5.82 Å². The molecular formula is C11H14N4. The van der Waals surface area contributed by atoms with Crippen LogP contribution in [0.3, 0.4) is 0 Å². The Balaban J connectivity index is 1.98. The summed E-state index contributed by atoms with van der Waals surface area (Å²) < 4.78 is 0. The van der Waals surface area contributed by atoms with Crippen LogP contribution in [-0.4, -0.2) is 23.6 Å². The van der Waals surface area contributed by atoms with E-state index < -0.39 is 0 Å². The molecule has 1 heterocycles. The second-order valence-electron chi connectivity index (χ2n) is 4.05. The first-order valence-electron chi connectivity index (χ1n) is 5.23. The summed E-state index contributed by atoms with van der Waals surface area (Å²) in [6.45, 7) is 1.04. The molecule has 0 atom stereocenters. The van der Waals surface area contributed by atoms with Crippen molar-refractivity contribution in [3.63, 3.8) is 0 Å². The SMILES string of the molecule is CN(CC1CCC1)c1cnc(C#N)cn1. The quantitative estimate of drug-likeness (QED) is 0.746. The summed E-state index contributed by atoms with van der Waals surface area (Å²) >= 11 is 0. The minimum atomic E-state index is 0.371. The van der Waals surface area contributed by atoms with E-state index in [1.807, 2.05) is 13.1 Å². The number of aromatic nitrogens is 2. The highest BCUT2D eigenvalue weighted by Gasteiger charge is 2.19. The van der Waals surface area contributed by atoms with Crippen molar-refractivity contribution in [2.45, 2.75) is 19.3 Å². The molecule has 1 aromatic rings. The highest BCUT2D eigenvalue weighted by molar-refractivity contribution is 5.36. The van der Waals surface area contributed by atoms with Gasteiger partial charge in [0.2, 0.25) is 0 Å². The summed E-state index contributed by atoms with van der Waals surface area (Å²) in [4.78, 5) is 10.3. The smallest absolute Gasteiger partial charge is 0.158 e. The molecule has 1 aliphatic rings. The van der Waals surface area contributed by atoms with E-state index in [1.165, 1.54) is 25.5 Å². The van der Waals surface area contributed by atoms with Gasteiger partial charge >= 0.3 is 0 Å². The van der Waals surface area contributed by atoms with Crippen molar-refractivity contribution in [1.29, 1.82) is 5.26 Å². The zero-order chi connectivity index (χ0) is 10.7. The molecule has 4 heteroatoms. The average Bonchev–Trinajstić information content (AvgIpc) is 2.23. The standard InChI is InChI=1S/C11H14N4/c1-15(8-9-3-2-4-9)11-7-13-10(5-12)6-14-11/h6-7,9H,2-4,8H2,1H3. The van der Waals surface area contributed by atoms with Crippen molar-refractivity contribution in [1.82, 2.24) is 9.97 Å². The Labute approximate surface area is 89.6 Å². The van der Waals surface area contributed by atoms with Crippen LogP contribution in [0.25, 0.3) is 0 Å². The second-order valence-corrected chi connectivity index (χ2v) is 4.05. The molecule has 4 nitrogen and oxygen atoms in total. The highest BCUT2D eigenvalue weighted by Crippen LogP contribution is 2.27. The van der Waals surface area contributed by atoms with Gasteiger partial charge in [-0.15, -0.1) is 0 Å². The number of hydrogen-bond acceptors (Lipinski definition) is 4. The molecule has 0 amide bonds. The third-order valence-electron chi connectivity index (χ3n) is 2.90. The van der Waals surface area contributed by atoms with Gasteiger partial charge in [-0.05, 0) is 18.8 Å². The maximum absolute atomic E-state index is 8.59. The third-order valence-corrected chi connectivity index (χ3v) is 2.90. The van der Waals surface area contributed by atoms with Crippen LogP contribution in [0.15, 0.2) is 12.4 Å². The summed E-state index contributed by atoms with van der Waals surface area (Å²) in [5.41, 5.74) is 0.371. The fraction of sp³-hybridized carbons (Fsp3) is 0.545. The van der Waals surface area contributed by atoms with Crippen LogP contribution in [0.5, 0.6) is 0 Å². The van der Waals surface area contributed by atoms with E-state index in [-0.39, 0.29) is 0 Å². The topological polar surface area (TPSA) is 52.8 Å². The maximum atomic E-state index is 8.59. The molecule has 0 bridgehead atoms. The Morgan fingerprint density at radius 1 is 1.47 bits per heavy atom. The van der Waals surface area contributed by atoms with Crippen LogP contribution >= 0.6 is 0 Å². The maximum Gasteiger partial charge on any atom is 0.158 e. The Morgan fingerprint density at radius 2 is 2.27 bits per heavy atom. The first kappa shape index (κ1) is 9.91. The molecule has 1 saturated carbocycles. The van der Waals surface area contributed by atoms with Crippen molar-refractivity contribution in [2.75, 3.05) is 18.5 Å². The summed E-state index contributed by atoms with van der Waals surface area (Å²) in [7, 11) is 2.02. The molecule has 0 radical (unpaired) electrons. The predicted octanol–water partition coefficient (Wildman–Crippen LogP) is 1.58. The molecule has 0 unspecified atom stereocenters.